The third kappa shape index (κ3) is 3.82. The van der Waals surface area contributed by atoms with E-state index >= 15 is 0 Å². The molecule has 0 spiro atoms. The minimum Gasteiger partial charge on any atom is -0.352 e. The summed E-state index contributed by atoms with van der Waals surface area (Å²) in [6.07, 6.45) is 2.00. The van der Waals surface area contributed by atoms with E-state index < -0.39 is 6.04 Å². The molecule has 1 fully saturated rings. The lowest BCUT2D eigenvalue weighted by molar-refractivity contribution is -0.132. The Labute approximate surface area is 175 Å². The molecular weight excluding hydrogens is 446 g/mol. The first-order chi connectivity index (χ1) is 13.5. The number of hydrogen-bond acceptors (Lipinski definition) is 6. The maximum atomic E-state index is 12.7. The molecule has 1 aliphatic rings. The van der Waals surface area contributed by atoms with Crippen LogP contribution in [-0.4, -0.2) is 63.2 Å². The summed E-state index contributed by atoms with van der Waals surface area (Å²) in [5, 5.41) is 8.54. The quantitative estimate of drug-likeness (QED) is 0.612. The number of piperazine rings is 1. The number of benzene rings is 1. The molecule has 1 amide bonds. The van der Waals surface area contributed by atoms with Crippen molar-refractivity contribution in [1.82, 2.24) is 25.1 Å². The number of hydrogen-bond donors (Lipinski definition) is 2. The maximum Gasteiger partial charge on any atom is 0.239 e. The summed E-state index contributed by atoms with van der Waals surface area (Å²) in [7, 11) is 0. The van der Waals surface area contributed by atoms with E-state index in [4.69, 9.17) is 17.3 Å². The number of nitrogens with one attached hydrogen (secondary N) is 1. The fourth-order valence-corrected chi connectivity index (χ4v) is 3.95. The number of halogens is 2. The highest BCUT2D eigenvalue weighted by atomic mass is 79.9. The first-order valence-corrected chi connectivity index (χ1v) is 10.1. The summed E-state index contributed by atoms with van der Waals surface area (Å²) in [5.74, 6) is 0.773. The van der Waals surface area contributed by atoms with E-state index in [-0.39, 0.29) is 5.91 Å². The fourth-order valence-electron chi connectivity index (χ4n) is 3.38. The Hall–Kier alpha value is -2.23. The number of H-pyrrole nitrogens is 1. The van der Waals surface area contributed by atoms with Crippen LogP contribution in [0.1, 0.15) is 5.56 Å². The maximum absolute atomic E-state index is 12.7. The van der Waals surface area contributed by atoms with Crippen LogP contribution in [0, 0.1) is 0 Å². The van der Waals surface area contributed by atoms with Crippen LogP contribution in [0.4, 0.5) is 5.82 Å². The molecule has 28 heavy (non-hydrogen) atoms. The molecule has 0 bridgehead atoms. The third-order valence-corrected chi connectivity index (χ3v) is 5.69. The van der Waals surface area contributed by atoms with Crippen molar-refractivity contribution >= 4 is 50.3 Å². The standard InChI is InChI=1S/C18H19BrClN7O/c19-15-14-16(25-24-15)22-10-23-17(14)26-5-7-27(8-6-26)18(28)13(21)9-11-1-3-12(20)4-2-11/h1-4,10,13H,5-9,21H2,(H,22,23,24,25). The number of aromatic nitrogens is 4. The van der Waals surface area contributed by atoms with Gasteiger partial charge in [-0.25, -0.2) is 9.97 Å². The molecule has 4 rings (SSSR count). The Balaban J connectivity index is 1.40. The van der Waals surface area contributed by atoms with Crippen LogP contribution >= 0.6 is 27.5 Å². The van der Waals surface area contributed by atoms with E-state index in [0.717, 1.165) is 21.4 Å². The summed E-state index contributed by atoms with van der Waals surface area (Å²) in [6, 6.07) is 6.85. The number of rotatable bonds is 4. The van der Waals surface area contributed by atoms with Crippen LogP contribution in [0.5, 0.6) is 0 Å². The lowest BCUT2D eigenvalue weighted by atomic mass is 10.1. The Morgan fingerprint density at radius 1 is 1.21 bits per heavy atom. The smallest absolute Gasteiger partial charge is 0.239 e. The summed E-state index contributed by atoms with van der Waals surface area (Å²) >= 11 is 9.37. The lowest BCUT2D eigenvalue weighted by Gasteiger charge is -2.36. The van der Waals surface area contributed by atoms with Crippen LogP contribution < -0.4 is 10.6 Å². The van der Waals surface area contributed by atoms with Gasteiger partial charge in [-0.1, -0.05) is 23.7 Å². The van der Waals surface area contributed by atoms with Gasteiger partial charge < -0.3 is 15.5 Å². The normalized spacial score (nSPS) is 15.8. The fraction of sp³-hybridized carbons (Fsp3) is 0.333. The van der Waals surface area contributed by atoms with Gasteiger partial charge in [-0.15, -0.1) is 0 Å². The van der Waals surface area contributed by atoms with E-state index in [1.54, 1.807) is 0 Å². The van der Waals surface area contributed by atoms with Crippen molar-refractivity contribution in [3.63, 3.8) is 0 Å². The number of aromatic amines is 1. The van der Waals surface area contributed by atoms with E-state index in [2.05, 4.69) is 41.0 Å². The van der Waals surface area contributed by atoms with Gasteiger partial charge in [-0.3, -0.25) is 9.89 Å². The van der Waals surface area contributed by atoms with E-state index in [0.29, 0.717) is 43.3 Å². The second-order valence-electron chi connectivity index (χ2n) is 6.68. The summed E-state index contributed by atoms with van der Waals surface area (Å²) in [5.41, 5.74) is 7.78. The summed E-state index contributed by atoms with van der Waals surface area (Å²) < 4.78 is 0.751. The number of nitrogens with two attached hydrogens (primary N) is 1. The van der Waals surface area contributed by atoms with Crippen molar-refractivity contribution in [3.05, 3.63) is 45.8 Å². The molecule has 1 saturated heterocycles. The molecule has 1 unspecified atom stereocenters. The zero-order valence-electron chi connectivity index (χ0n) is 15.0. The molecule has 3 aromatic rings. The SMILES string of the molecule is NC(Cc1ccc(Cl)cc1)C(=O)N1CCN(c2ncnc3n[nH]c(Br)c23)CC1. The minimum atomic E-state index is -0.568. The van der Waals surface area contributed by atoms with Crippen LogP contribution in [0.2, 0.25) is 5.02 Å². The molecular formula is C18H19BrClN7O. The number of anilines is 1. The number of carbonyl (C=O) groups is 1. The lowest BCUT2D eigenvalue weighted by Crippen LogP contribution is -2.53. The largest absolute Gasteiger partial charge is 0.352 e. The highest BCUT2D eigenvalue weighted by Gasteiger charge is 2.27. The van der Waals surface area contributed by atoms with Gasteiger partial charge in [0.2, 0.25) is 5.91 Å². The van der Waals surface area contributed by atoms with Crippen molar-refractivity contribution in [2.45, 2.75) is 12.5 Å². The Morgan fingerprint density at radius 2 is 1.93 bits per heavy atom. The Kier molecular flexibility index (Phi) is 5.47. The first kappa shape index (κ1) is 19.1. The monoisotopic (exact) mass is 463 g/mol. The highest BCUT2D eigenvalue weighted by Crippen LogP contribution is 2.28. The molecule has 0 aliphatic carbocycles. The van der Waals surface area contributed by atoms with Gasteiger partial charge in [-0.2, -0.15) is 5.10 Å². The van der Waals surface area contributed by atoms with E-state index in [1.807, 2.05) is 29.2 Å². The molecule has 3 N–H and O–H groups in total. The van der Waals surface area contributed by atoms with Gasteiger partial charge >= 0.3 is 0 Å². The molecule has 146 valence electrons. The molecule has 3 heterocycles. The topological polar surface area (TPSA) is 104 Å². The minimum absolute atomic E-state index is 0.0353. The van der Waals surface area contributed by atoms with Gasteiger partial charge in [0, 0.05) is 31.2 Å². The van der Waals surface area contributed by atoms with E-state index in [9.17, 15) is 4.79 Å². The van der Waals surface area contributed by atoms with Crippen molar-refractivity contribution < 1.29 is 4.79 Å². The average molecular weight is 465 g/mol. The van der Waals surface area contributed by atoms with E-state index in [1.165, 1.54) is 6.33 Å². The molecule has 8 nitrogen and oxygen atoms in total. The van der Waals surface area contributed by atoms with Crippen molar-refractivity contribution in [1.29, 1.82) is 0 Å². The molecule has 0 saturated carbocycles. The number of carbonyl (C=O) groups excluding carboxylic acids is 1. The average Bonchev–Trinajstić information content (AvgIpc) is 3.10. The predicted octanol–water partition coefficient (Wildman–Crippen LogP) is 1.99. The Bertz CT molecular complexity index is 985. The van der Waals surface area contributed by atoms with Gasteiger partial charge in [0.25, 0.3) is 0 Å². The number of amides is 1. The van der Waals surface area contributed by atoms with Gasteiger partial charge in [-0.05, 0) is 40.0 Å². The number of fused-ring (bicyclic) bond motifs is 1. The second-order valence-corrected chi connectivity index (χ2v) is 7.91. The molecule has 1 aliphatic heterocycles. The second kappa shape index (κ2) is 8.02. The highest BCUT2D eigenvalue weighted by molar-refractivity contribution is 9.10. The van der Waals surface area contributed by atoms with Gasteiger partial charge in [0.05, 0.1) is 11.4 Å². The van der Waals surface area contributed by atoms with Crippen LogP contribution in [-0.2, 0) is 11.2 Å². The molecule has 0 radical (unpaired) electrons. The zero-order valence-corrected chi connectivity index (χ0v) is 17.3. The number of nitrogens with zero attached hydrogens (tertiary/aromatic N) is 5. The Morgan fingerprint density at radius 3 is 2.64 bits per heavy atom. The van der Waals surface area contributed by atoms with Crippen molar-refractivity contribution in [2.75, 3.05) is 31.1 Å². The van der Waals surface area contributed by atoms with Crippen LogP contribution in [0.15, 0.2) is 35.2 Å². The predicted molar refractivity (Wildman–Crippen MR) is 111 cm³/mol. The molecule has 1 aromatic carbocycles. The summed E-state index contributed by atoms with van der Waals surface area (Å²) in [6.45, 7) is 2.52. The van der Waals surface area contributed by atoms with Crippen LogP contribution in [0.25, 0.3) is 11.0 Å². The van der Waals surface area contributed by atoms with Crippen molar-refractivity contribution in [2.24, 2.45) is 5.73 Å². The summed E-state index contributed by atoms with van der Waals surface area (Å²) in [4.78, 5) is 25.3. The zero-order chi connectivity index (χ0) is 19.7. The van der Waals surface area contributed by atoms with Gasteiger partial charge in [0.1, 0.15) is 16.7 Å². The van der Waals surface area contributed by atoms with Gasteiger partial charge in [0.15, 0.2) is 5.65 Å². The molecule has 2 aromatic heterocycles. The first-order valence-electron chi connectivity index (χ1n) is 8.91. The molecule has 1 atom stereocenters. The third-order valence-electron chi connectivity index (χ3n) is 4.86. The van der Waals surface area contributed by atoms with Crippen LogP contribution in [0.3, 0.4) is 0 Å². The van der Waals surface area contributed by atoms with Crippen molar-refractivity contribution in [3.8, 4) is 0 Å². The molecule has 10 heteroatoms.